The molecule has 1 saturated heterocycles. The summed E-state index contributed by atoms with van der Waals surface area (Å²) in [4.78, 5) is 27.9. The van der Waals surface area contributed by atoms with Gasteiger partial charge in [0.1, 0.15) is 0 Å². The largest absolute Gasteiger partial charge is 0.356 e. The Bertz CT molecular complexity index is 816. The molecule has 0 radical (unpaired) electrons. The zero-order valence-corrected chi connectivity index (χ0v) is 18.3. The molecule has 154 valence electrons. The van der Waals surface area contributed by atoms with E-state index in [9.17, 15) is 9.59 Å². The van der Waals surface area contributed by atoms with Gasteiger partial charge in [-0.05, 0) is 61.2 Å². The number of halogens is 1. The summed E-state index contributed by atoms with van der Waals surface area (Å²) in [7, 11) is 0. The van der Waals surface area contributed by atoms with E-state index in [0.717, 1.165) is 36.6 Å². The molecule has 0 unspecified atom stereocenters. The number of carbonyl (C=O) groups excluding carboxylic acids is 2. The van der Waals surface area contributed by atoms with Crippen LogP contribution in [0.25, 0.3) is 0 Å². The number of thioether (sulfide) groups is 1. The fourth-order valence-corrected chi connectivity index (χ4v) is 4.34. The molecule has 0 spiro atoms. The van der Waals surface area contributed by atoms with Gasteiger partial charge in [0.15, 0.2) is 0 Å². The van der Waals surface area contributed by atoms with Gasteiger partial charge in [0.05, 0.1) is 0 Å². The first-order chi connectivity index (χ1) is 14.1. The second-order valence-electron chi connectivity index (χ2n) is 7.30. The topological polar surface area (TPSA) is 49.4 Å². The number of likely N-dealkylation sites (tertiary alicyclic amines) is 1. The quantitative estimate of drug-likeness (QED) is 0.628. The first-order valence-electron chi connectivity index (χ1n) is 10.1. The third-order valence-corrected chi connectivity index (χ3v) is 6.46. The van der Waals surface area contributed by atoms with Crippen LogP contribution in [0, 0.1) is 5.92 Å². The summed E-state index contributed by atoms with van der Waals surface area (Å²) in [6.07, 6.45) is 2.41. The van der Waals surface area contributed by atoms with Crippen molar-refractivity contribution >= 4 is 35.2 Å². The highest BCUT2D eigenvalue weighted by molar-refractivity contribution is 7.98. The van der Waals surface area contributed by atoms with Crippen LogP contribution < -0.4 is 5.32 Å². The fraction of sp³-hybridized carbons (Fsp3) is 0.391. The van der Waals surface area contributed by atoms with Crippen molar-refractivity contribution in [1.29, 1.82) is 0 Å². The van der Waals surface area contributed by atoms with E-state index in [-0.39, 0.29) is 17.7 Å². The molecule has 1 N–H and O–H groups in total. The Morgan fingerprint density at radius 2 is 1.72 bits per heavy atom. The highest BCUT2D eigenvalue weighted by Crippen LogP contribution is 2.25. The average molecular weight is 431 g/mol. The zero-order chi connectivity index (χ0) is 20.6. The summed E-state index contributed by atoms with van der Waals surface area (Å²) >= 11 is 7.66. The summed E-state index contributed by atoms with van der Waals surface area (Å²) in [6.45, 7) is 4.04. The second-order valence-corrected chi connectivity index (χ2v) is 8.78. The maximum atomic E-state index is 12.8. The highest BCUT2D eigenvalue weighted by atomic mass is 35.5. The second kappa shape index (κ2) is 10.7. The maximum absolute atomic E-state index is 12.8. The van der Waals surface area contributed by atoms with Crippen LogP contribution in [-0.4, -0.2) is 36.3 Å². The van der Waals surface area contributed by atoms with Gasteiger partial charge in [0.25, 0.3) is 5.91 Å². The maximum Gasteiger partial charge on any atom is 0.253 e. The molecule has 0 aromatic heterocycles. The molecule has 6 heteroatoms. The predicted octanol–water partition coefficient (Wildman–Crippen LogP) is 5.01. The Morgan fingerprint density at radius 1 is 1.07 bits per heavy atom. The third-order valence-electron chi connectivity index (χ3n) is 5.12. The Hall–Kier alpha value is -1.98. The van der Waals surface area contributed by atoms with Gasteiger partial charge in [-0.3, -0.25) is 9.59 Å². The van der Waals surface area contributed by atoms with Crippen LogP contribution in [0.1, 0.15) is 42.1 Å². The number of piperidine rings is 1. The molecule has 1 fully saturated rings. The third kappa shape index (κ3) is 6.25. The molecular formula is C23H27ClN2O2S. The van der Waals surface area contributed by atoms with Crippen molar-refractivity contribution in [2.75, 3.05) is 19.6 Å². The number of amides is 2. The van der Waals surface area contributed by atoms with Crippen molar-refractivity contribution in [1.82, 2.24) is 10.2 Å². The fourth-order valence-electron chi connectivity index (χ4n) is 3.36. The zero-order valence-electron chi connectivity index (χ0n) is 16.7. The predicted molar refractivity (Wildman–Crippen MR) is 119 cm³/mol. The number of nitrogens with one attached hydrogen (secondary N) is 1. The molecule has 0 atom stereocenters. The van der Waals surface area contributed by atoms with E-state index < -0.39 is 0 Å². The lowest BCUT2D eigenvalue weighted by molar-refractivity contribution is -0.126. The van der Waals surface area contributed by atoms with E-state index >= 15 is 0 Å². The summed E-state index contributed by atoms with van der Waals surface area (Å²) in [5.74, 6) is 1.04. The van der Waals surface area contributed by atoms with E-state index in [1.54, 1.807) is 11.8 Å². The normalized spacial score (nSPS) is 14.6. The van der Waals surface area contributed by atoms with Crippen LogP contribution >= 0.6 is 23.4 Å². The summed E-state index contributed by atoms with van der Waals surface area (Å²) in [5, 5.41) is 3.70. The number of hydrogen-bond acceptors (Lipinski definition) is 3. The molecule has 2 amide bonds. The first kappa shape index (κ1) is 21.7. The molecule has 2 aromatic carbocycles. The lowest BCUT2D eigenvalue weighted by Crippen LogP contribution is -2.43. The van der Waals surface area contributed by atoms with Crippen molar-refractivity contribution in [3.63, 3.8) is 0 Å². The van der Waals surface area contributed by atoms with Gasteiger partial charge >= 0.3 is 0 Å². The average Bonchev–Trinajstić information content (AvgIpc) is 2.77. The molecule has 1 aliphatic rings. The highest BCUT2D eigenvalue weighted by Gasteiger charge is 2.27. The molecule has 1 heterocycles. The molecule has 0 bridgehead atoms. The Labute approximate surface area is 182 Å². The van der Waals surface area contributed by atoms with Crippen LogP contribution in [0.5, 0.6) is 0 Å². The number of benzene rings is 2. The lowest BCUT2D eigenvalue weighted by Gasteiger charge is -2.31. The van der Waals surface area contributed by atoms with Crippen molar-refractivity contribution in [3.8, 4) is 0 Å². The molecule has 3 rings (SSSR count). The van der Waals surface area contributed by atoms with Gasteiger partial charge in [-0.15, -0.1) is 11.8 Å². The number of carbonyl (C=O) groups is 2. The van der Waals surface area contributed by atoms with Gasteiger partial charge in [-0.1, -0.05) is 30.7 Å². The van der Waals surface area contributed by atoms with Gasteiger partial charge < -0.3 is 10.2 Å². The lowest BCUT2D eigenvalue weighted by atomic mass is 9.95. The monoisotopic (exact) mass is 430 g/mol. The van der Waals surface area contributed by atoms with Crippen LogP contribution in [0.15, 0.2) is 53.4 Å². The van der Waals surface area contributed by atoms with Gasteiger partial charge in [-0.2, -0.15) is 0 Å². The smallest absolute Gasteiger partial charge is 0.253 e. The summed E-state index contributed by atoms with van der Waals surface area (Å²) < 4.78 is 0. The summed E-state index contributed by atoms with van der Waals surface area (Å²) in [6, 6.07) is 15.6. The molecule has 0 aliphatic carbocycles. The van der Waals surface area contributed by atoms with E-state index in [1.165, 1.54) is 10.5 Å². The molecule has 2 aromatic rings. The van der Waals surface area contributed by atoms with E-state index in [4.69, 9.17) is 11.6 Å². The van der Waals surface area contributed by atoms with Crippen molar-refractivity contribution in [3.05, 3.63) is 64.7 Å². The minimum atomic E-state index is 0.0258. The van der Waals surface area contributed by atoms with Gasteiger partial charge in [0, 0.05) is 46.8 Å². The molecule has 29 heavy (non-hydrogen) atoms. The molecule has 4 nitrogen and oxygen atoms in total. The Kier molecular flexibility index (Phi) is 8.01. The molecule has 1 aliphatic heterocycles. The summed E-state index contributed by atoms with van der Waals surface area (Å²) in [5.41, 5.74) is 1.88. The SMILES string of the molecule is CCCNC(=O)C1CCN(C(=O)c2ccc(CSc3ccc(Cl)cc3)cc2)CC1. The van der Waals surface area contributed by atoms with E-state index in [2.05, 4.69) is 5.32 Å². The minimum absolute atomic E-state index is 0.0258. The standard InChI is InChI=1S/C23H27ClN2O2S/c1-2-13-25-22(27)18-11-14-26(15-12-18)23(28)19-5-3-17(4-6-19)16-29-21-9-7-20(24)8-10-21/h3-10,18H,2,11-16H2,1H3,(H,25,27). The minimum Gasteiger partial charge on any atom is -0.356 e. The van der Waals surface area contributed by atoms with Crippen LogP contribution in [0.2, 0.25) is 5.02 Å². The van der Waals surface area contributed by atoms with Crippen LogP contribution in [-0.2, 0) is 10.5 Å². The van der Waals surface area contributed by atoms with Crippen molar-refractivity contribution < 1.29 is 9.59 Å². The van der Waals surface area contributed by atoms with Crippen molar-refractivity contribution in [2.24, 2.45) is 5.92 Å². The Morgan fingerprint density at radius 3 is 2.34 bits per heavy atom. The van der Waals surface area contributed by atoms with Crippen LogP contribution in [0.3, 0.4) is 0 Å². The van der Waals surface area contributed by atoms with Crippen molar-refractivity contribution in [2.45, 2.75) is 36.8 Å². The van der Waals surface area contributed by atoms with Gasteiger partial charge in [0.2, 0.25) is 5.91 Å². The van der Waals surface area contributed by atoms with E-state index in [0.29, 0.717) is 18.7 Å². The van der Waals surface area contributed by atoms with Crippen LogP contribution in [0.4, 0.5) is 0 Å². The molecular weight excluding hydrogens is 404 g/mol. The first-order valence-corrected chi connectivity index (χ1v) is 11.5. The van der Waals surface area contributed by atoms with Gasteiger partial charge in [-0.25, -0.2) is 0 Å². The number of nitrogens with zero attached hydrogens (tertiary/aromatic N) is 1. The van der Waals surface area contributed by atoms with E-state index in [1.807, 2.05) is 60.4 Å². The number of hydrogen-bond donors (Lipinski definition) is 1. The molecule has 0 saturated carbocycles. The Balaban J connectivity index is 1.49. The number of rotatable bonds is 7.